The molecule has 0 spiro atoms. The maximum atomic E-state index is 11.9. The molecule has 0 heterocycles. The quantitative estimate of drug-likeness (QED) is 0.604. The van der Waals surface area contributed by atoms with Crippen LogP contribution in [0.15, 0.2) is 30.4 Å². The number of rotatable bonds is 5. The van der Waals surface area contributed by atoms with Crippen molar-refractivity contribution in [1.82, 2.24) is 5.32 Å². The largest absolute Gasteiger partial charge is 0.491 e. The Morgan fingerprint density at radius 3 is 2.82 bits per heavy atom. The maximum Gasteiger partial charge on any atom is 0.255 e. The third-order valence-electron chi connectivity index (χ3n) is 2.13. The number of amides is 1. The van der Waals surface area contributed by atoms with E-state index < -0.39 is 0 Å². The fourth-order valence-corrected chi connectivity index (χ4v) is 1.37. The van der Waals surface area contributed by atoms with Crippen molar-refractivity contribution in [3.63, 3.8) is 0 Å². The van der Waals surface area contributed by atoms with Gasteiger partial charge in [-0.05, 0) is 26.0 Å². The third-order valence-corrected chi connectivity index (χ3v) is 2.13. The molecule has 0 unspecified atom stereocenters. The average Bonchev–Trinajstić information content (AvgIpc) is 2.29. The second-order valence-electron chi connectivity index (χ2n) is 3.80. The molecule has 0 saturated heterocycles. The number of carbonyl (C=O) groups is 1. The molecule has 1 aromatic carbocycles. The molecule has 4 heteroatoms. The van der Waals surface area contributed by atoms with Crippen LogP contribution in [0.1, 0.15) is 24.2 Å². The van der Waals surface area contributed by atoms with Gasteiger partial charge in [0.2, 0.25) is 0 Å². The predicted molar refractivity (Wildman–Crippen MR) is 69.2 cm³/mol. The molecule has 17 heavy (non-hydrogen) atoms. The number of nitrogens with two attached hydrogens (primary N) is 1. The highest BCUT2D eigenvalue weighted by Crippen LogP contribution is 2.26. The summed E-state index contributed by atoms with van der Waals surface area (Å²) in [6.07, 6.45) is 0. The fourth-order valence-electron chi connectivity index (χ4n) is 1.37. The molecule has 3 N–H and O–H groups in total. The van der Waals surface area contributed by atoms with E-state index >= 15 is 0 Å². The zero-order valence-corrected chi connectivity index (χ0v) is 10.2. The summed E-state index contributed by atoms with van der Waals surface area (Å²) in [5, 5.41) is 2.75. The Balaban J connectivity index is 2.92. The second-order valence-corrected chi connectivity index (χ2v) is 3.80. The molecule has 0 fully saturated rings. The van der Waals surface area contributed by atoms with E-state index in [9.17, 15) is 4.79 Å². The molecule has 0 saturated carbocycles. The molecule has 92 valence electrons. The van der Waals surface area contributed by atoms with Gasteiger partial charge in [0.25, 0.3) is 5.91 Å². The molecule has 0 aliphatic heterocycles. The van der Waals surface area contributed by atoms with Crippen LogP contribution in [0.3, 0.4) is 0 Å². The summed E-state index contributed by atoms with van der Waals surface area (Å²) < 4.78 is 5.39. The SMILES string of the molecule is C=C(C)CNC(=O)c1cccc(N)c1OCC. The topological polar surface area (TPSA) is 64.4 Å². The Bertz CT molecular complexity index is 427. The van der Waals surface area contributed by atoms with E-state index in [1.54, 1.807) is 18.2 Å². The van der Waals surface area contributed by atoms with Crippen LogP contribution in [0.2, 0.25) is 0 Å². The smallest absolute Gasteiger partial charge is 0.255 e. The number of benzene rings is 1. The number of hydrogen-bond acceptors (Lipinski definition) is 3. The van der Waals surface area contributed by atoms with Crippen LogP contribution < -0.4 is 15.8 Å². The summed E-state index contributed by atoms with van der Waals surface area (Å²) in [7, 11) is 0. The van der Waals surface area contributed by atoms with Gasteiger partial charge in [-0.15, -0.1) is 0 Å². The Hall–Kier alpha value is -1.97. The van der Waals surface area contributed by atoms with Gasteiger partial charge in [0.05, 0.1) is 17.9 Å². The minimum absolute atomic E-state index is 0.205. The number of nitrogens with one attached hydrogen (secondary N) is 1. The summed E-state index contributed by atoms with van der Waals surface area (Å²) in [5.41, 5.74) is 7.59. The summed E-state index contributed by atoms with van der Waals surface area (Å²) >= 11 is 0. The van der Waals surface area contributed by atoms with Crippen LogP contribution in [0.25, 0.3) is 0 Å². The monoisotopic (exact) mass is 234 g/mol. The number of anilines is 1. The first-order chi connectivity index (χ1) is 8.06. The van der Waals surface area contributed by atoms with Gasteiger partial charge in [0.15, 0.2) is 5.75 Å². The number of hydrogen-bond donors (Lipinski definition) is 2. The van der Waals surface area contributed by atoms with Crippen molar-refractivity contribution in [3.8, 4) is 5.75 Å². The molecule has 1 amide bonds. The lowest BCUT2D eigenvalue weighted by Gasteiger charge is -2.12. The van der Waals surface area contributed by atoms with Crippen molar-refractivity contribution in [3.05, 3.63) is 35.9 Å². The lowest BCUT2D eigenvalue weighted by Crippen LogP contribution is -2.25. The maximum absolute atomic E-state index is 11.9. The molecule has 1 rings (SSSR count). The van der Waals surface area contributed by atoms with Crippen LogP contribution >= 0.6 is 0 Å². The van der Waals surface area contributed by atoms with Crippen molar-refractivity contribution in [2.45, 2.75) is 13.8 Å². The van der Waals surface area contributed by atoms with E-state index in [2.05, 4.69) is 11.9 Å². The first-order valence-electron chi connectivity index (χ1n) is 5.50. The first-order valence-corrected chi connectivity index (χ1v) is 5.50. The van der Waals surface area contributed by atoms with Crippen LogP contribution in [0.5, 0.6) is 5.75 Å². The van der Waals surface area contributed by atoms with Gasteiger partial charge in [0.1, 0.15) is 0 Å². The van der Waals surface area contributed by atoms with Gasteiger partial charge in [-0.2, -0.15) is 0 Å². The van der Waals surface area contributed by atoms with Gasteiger partial charge in [-0.25, -0.2) is 0 Å². The first kappa shape index (κ1) is 13.1. The minimum Gasteiger partial charge on any atom is -0.491 e. The lowest BCUT2D eigenvalue weighted by molar-refractivity contribution is 0.0953. The zero-order chi connectivity index (χ0) is 12.8. The van der Waals surface area contributed by atoms with E-state index in [0.29, 0.717) is 30.2 Å². The molecular weight excluding hydrogens is 216 g/mol. The number of ether oxygens (including phenoxy) is 1. The summed E-state index contributed by atoms with van der Waals surface area (Å²) in [6.45, 7) is 8.34. The molecule has 0 atom stereocenters. The summed E-state index contributed by atoms with van der Waals surface area (Å²) in [4.78, 5) is 11.9. The molecule has 0 aromatic heterocycles. The molecular formula is C13H18N2O2. The van der Waals surface area contributed by atoms with Crippen molar-refractivity contribution < 1.29 is 9.53 Å². The highest BCUT2D eigenvalue weighted by Gasteiger charge is 2.14. The Labute approximate surface area is 101 Å². The van der Waals surface area contributed by atoms with Crippen LogP contribution in [-0.4, -0.2) is 19.1 Å². The number of nitrogen functional groups attached to an aromatic ring is 1. The van der Waals surface area contributed by atoms with E-state index in [1.165, 1.54) is 0 Å². The van der Waals surface area contributed by atoms with Gasteiger partial charge in [-0.1, -0.05) is 18.2 Å². The lowest BCUT2D eigenvalue weighted by atomic mass is 10.1. The molecule has 0 radical (unpaired) electrons. The molecule has 0 aliphatic rings. The van der Waals surface area contributed by atoms with Gasteiger partial charge in [0, 0.05) is 6.54 Å². The predicted octanol–water partition coefficient (Wildman–Crippen LogP) is 1.97. The number of para-hydroxylation sites is 1. The fraction of sp³-hybridized carbons (Fsp3) is 0.308. The molecule has 0 bridgehead atoms. The van der Waals surface area contributed by atoms with Gasteiger partial charge >= 0.3 is 0 Å². The Morgan fingerprint density at radius 2 is 2.24 bits per heavy atom. The van der Waals surface area contributed by atoms with Gasteiger partial charge < -0.3 is 15.8 Å². The Kier molecular flexibility index (Phi) is 4.57. The normalized spacial score (nSPS) is 9.76. The van der Waals surface area contributed by atoms with E-state index in [-0.39, 0.29) is 5.91 Å². The van der Waals surface area contributed by atoms with Crippen LogP contribution in [0, 0.1) is 0 Å². The van der Waals surface area contributed by atoms with E-state index in [4.69, 9.17) is 10.5 Å². The standard InChI is InChI=1S/C13H18N2O2/c1-4-17-12-10(6-5-7-11(12)14)13(16)15-8-9(2)3/h5-7H,2,4,8,14H2,1,3H3,(H,15,16). The van der Waals surface area contributed by atoms with Crippen molar-refractivity contribution in [2.75, 3.05) is 18.9 Å². The van der Waals surface area contributed by atoms with Crippen molar-refractivity contribution in [2.24, 2.45) is 0 Å². The molecule has 0 aliphatic carbocycles. The van der Waals surface area contributed by atoms with E-state index in [1.807, 2.05) is 13.8 Å². The summed E-state index contributed by atoms with van der Waals surface area (Å²) in [5.74, 6) is 0.234. The second kappa shape index (κ2) is 5.94. The van der Waals surface area contributed by atoms with E-state index in [0.717, 1.165) is 5.57 Å². The third kappa shape index (κ3) is 3.52. The van der Waals surface area contributed by atoms with Crippen LogP contribution in [-0.2, 0) is 0 Å². The average molecular weight is 234 g/mol. The zero-order valence-electron chi connectivity index (χ0n) is 10.2. The highest BCUT2D eigenvalue weighted by molar-refractivity contribution is 5.98. The molecule has 4 nitrogen and oxygen atoms in total. The van der Waals surface area contributed by atoms with Crippen molar-refractivity contribution in [1.29, 1.82) is 0 Å². The van der Waals surface area contributed by atoms with Gasteiger partial charge in [-0.3, -0.25) is 4.79 Å². The van der Waals surface area contributed by atoms with Crippen molar-refractivity contribution >= 4 is 11.6 Å². The number of carbonyl (C=O) groups excluding carboxylic acids is 1. The highest BCUT2D eigenvalue weighted by atomic mass is 16.5. The van der Waals surface area contributed by atoms with Crippen LogP contribution in [0.4, 0.5) is 5.69 Å². The summed E-state index contributed by atoms with van der Waals surface area (Å²) in [6, 6.07) is 5.13. The molecule has 1 aromatic rings. The Morgan fingerprint density at radius 1 is 1.53 bits per heavy atom. The minimum atomic E-state index is -0.205.